The number of anilines is 1. The number of carbonyl (C=O) groups excluding carboxylic acids is 1. The van der Waals surface area contributed by atoms with E-state index in [4.69, 9.17) is 14.2 Å². The molecule has 1 amide bonds. The number of benzene rings is 2. The van der Waals surface area contributed by atoms with Crippen LogP contribution in [0.25, 0.3) is 6.08 Å². The van der Waals surface area contributed by atoms with Gasteiger partial charge < -0.3 is 19.5 Å². The van der Waals surface area contributed by atoms with Crippen molar-refractivity contribution in [2.45, 2.75) is 6.54 Å². The first-order valence-corrected chi connectivity index (χ1v) is 10.5. The van der Waals surface area contributed by atoms with Crippen molar-refractivity contribution in [3.8, 4) is 17.2 Å². The van der Waals surface area contributed by atoms with E-state index in [-0.39, 0.29) is 12.5 Å². The Kier molecular flexibility index (Phi) is 7.49. The summed E-state index contributed by atoms with van der Waals surface area (Å²) in [5, 5.41) is 2.78. The van der Waals surface area contributed by atoms with Gasteiger partial charge in [-0.05, 0) is 41.5 Å². The SMILES string of the molecule is COc1cc(CNC(=O)/C=C/c2ccc(NS(C)(=O)=O)cc2)cc(OC)c1OC. The molecule has 0 atom stereocenters. The van der Waals surface area contributed by atoms with Gasteiger partial charge in [0.1, 0.15) is 0 Å². The molecule has 0 aliphatic heterocycles. The minimum absolute atomic E-state index is 0.275. The Morgan fingerprint density at radius 1 is 1.00 bits per heavy atom. The van der Waals surface area contributed by atoms with Crippen molar-refractivity contribution in [3.05, 3.63) is 53.6 Å². The van der Waals surface area contributed by atoms with Crippen molar-refractivity contribution in [2.24, 2.45) is 0 Å². The summed E-state index contributed by atoms with van der Waals surface area (Å²) in [6.07, 6.45) is 4.12. The first-order valence-electron chi connectivity index (χ1n) is 8.58. The number of ether oxygens (including phenoxy) is 3. The zero-order valence-electron chi connectivity index (χ0n) is 16.7. The molecule has 0 saturated heterocycles. The van der Waals surface area contributed by atoms with Crippen molar-refractivity contribution in [3.63, 3.8) is 0 Å². The van der Waals surface area contributed by atoms with Gasteiger partial charge in [0.25, 0.3) is 0 Å². The zero-order chi connectivity index (χ0) is 21.4. The van der Waals surface area contributed by atoms with Gasteiger partial charge in [0.05, 0.1) is 27.6 Å². The van der Waals surface area contributed by atoms with Crippen LogP contribution < -0.4 is 24.2 Å². The van der Waals surface area contributed by atoms with Gasteiger partial charge in [-0.15, -0.1) is 0 Å². The Hall–Kier alpha value is -3.20. The highest BCUT2D eigenvalue weighted by Crippen LogP contribution is 2.38. The van der Waals surface area contributed by atoms with Crippen molar-refractivity contribution >= 4 is 27.7 Å². The quantitative estimate of drug-likeness (QED) is 0.604. The molecule has 29 heavy (non-hydrogen) atoms. The zero-order valence-corrected chi connectivity index (χ0v) is 17.5. The molecule has 0 spiro atoms. The average molecular weight is 420 g/mol. The second kappa shape index (κ2) is 9.83. The monoisotopic (exact) mass is 420 g/mol. The Bertz CT molecular complexity index is 960. The lowest BCUT2D eigenvalue weighted by Crippen LogP contribution is -2.20. The number of rotatable bonds is 9. The maximum atomic E-state index is 12.1. The van der Waals surface area contributed by atoms with E-state index >= 15 is 0 Å². The Labute approximate surface area is 170 Å². The molecule has 0 fully saturated rings. The fraction of sp³-hybridized carbons (Fsp3) is 0.250. The second-order valence-corrected chi connectivity index (χ2v) is 7.83. The van der Waals surface area contributed by atoms with Crippen LogP contribution in [0.1, 0.15) is 11.1 Å². The topological polar surface area (TPSA) is 103 Å². The maximum Gasteiger partial charge on any atom is 0.244 e. The second-order valence-electron chi connectivity index (χ2n) is 6.08. The van der Waals surface area contributed by atoms with Crippen LogP contribution in [0.3, 0.4) is 0 Å². The van der Waals surface area contributed by atoms with Crippen LogP contribution in [0.15, 0.2) is 42.5 Å². The molecule has 0 saturated carbocycles. The summed E-state index contributed by atoms with van der Waals surface area (Å²) in [5.41, 5.74) is 2.00. The first kappa shape index (κ1) is 22.1. The van der Waals surface area contributed by atoms with E-state index in [1.807, 2.05) is 0 Å². The van der Waals surface area contributed by atoms with Gasteiger partial charge in [-0.25, -0.2) is 8.42 Å². The third kappa shape index (κ3) is 6.72. The molecule has 0 aliphatic rings. The van der Waals surface area contributed by atoms with Crippen molar-refractivity contribution in [2.75, 3.05) is 32.3 Å². The fourth-order valence-corrected chi connectivity index (χ4v) is 3.10. The molecule has 0 bridgehead atoms. The maximum absolute atomic E-state index is 12.1. The van der Waals surface area contributed by atoms with E-state index in [1.54, 1.807) is 42.5 Å². The summed E-state index contributed by atoms with van der Waals surface area (Å²) in [6, 6.07) is 10.2. The van der Waals surface area contributed by atoms with Crippen LogP contribution >= 0.6 is 0 Å². The smallest absolute Gasteiger partial charge is 0.244 e. The van der Waals surface area contributed by atoms with Crippen LogP contribution in [0.4, 0.5) is 5.69 Å². The highest BCUT2D eigenvalue weighted by atomic mass is 32.2. The minimum Gasteiger partial charge on any atom is -0.493 e. The van der Waals surface area contributed by atoms with Crippen molar-refractivity contribution in [1.29, 1.82) is 0 Å². The summed E-state index contributed by atoms with van der Waals surface area (Å²) in [6.45, 7) is 0.275. The van der Waals surface area contributed by atoms with E-state index in [2.05, 4.69) is 10.0 Å². The summed E-state index contributed by atoms with van der Waals surface area (Å²) in [5.74, 6) is 1.22. The molecule has 0 aromatic heterocycles. The van der Waals surface area contributed by atoms with Crippen LogP contribution in [-0.4, -0.2) is 41.9 Å². The standard InChI is InChI=1S/C20H24N2O6S/c1-26-17-11-15(12-18(27-2)20(17)28-3)13-21-19(23)10-7-14-5-8-16(9-6-14)22-29(4,24)25/h5-12,22H,13H2,1-4H3,(H,21,23)/b10-7+. The predicted octanol–water partition coefficient (Wildman–Crippen LogP) is 2.41. The van der Waals surface area contributed by atoms with Crippen molar-refractivity contribution in [1.82, 2.24) is 5.32 Å². The molecule has 0 unspecified atom stereocenters. The Morgan fingerprint density at radius 2 is 1.59 bits per heavy atom. The van der Waals surface area contributed by atoms with E-state index in [0.717, 1.165) is 17.4 Å². The molecule has 8 nitrogen and oxygen atoms in total. The van der Waals surface area contributed by atoms with Gasteiger partial charge in [0.15, 0.2) is 11.5 Å². The number of hydrogen-bond donors (Lipinski definition) is 2. The van der Waals surface area contributed by atoms with Gasteiger partial charge in [-0.1, -0.05) is 12.1 Å². The highest BCUT2D eigenvalue weighted by Gasteiger charge is 2.13. The van der Waals surface area contributed by atoms with E-state index in [9.17, 15) is 13.2 Å². The summed E-state index contributed by atoms with van der Waals surface area (Å²) in [7, 11) is 1.26. The lowest BCUT2D eigenvalue weighted by Gasteiger charge is -2.14. The van der Waals surface area contributed by atoms with Crippen molar-refractivity contribution < 1.29 is 27.4 Å². The number of nitrogens with one attached hydrogen (secondary N) is 2. The molecule has 0 radical (unpaired) electrons. The molecular weight excluding hydrogens is 396 g/mol. The van der Waals surface area contributed by atoms with Gasteiger partial charge in [-0.3, -0.25) is 9.52 Å². The first-order chi connectivity index (χ1) is 13.8. The minimum atomic E-state index is -3.32. The lowest BCUT2D eigenvalue weighted by molar-refractivity contribution is -0.116. The third-order valence-corrected chi connectivity index (χ3v) is 4.44. The normalized spacial score (nSPS) is 11.2. The Morgan fingerprint density at radius 3 is 2.07 bits per heavy atom. The number of carbonyl (C=O) groups is 1. The highest BCUT2D eigenvalue weighted by molar-refractivity contribution is 7.92. The average Bonchev–Trinajstić information content (AvgIpc) is 2.69. The molecule has 2 aromatic carbocycles. The number of sulfonamides is 1. The van der Waals surface area contributed by atoms with Gasteiger partial charge in [0, 0.05) is 18.3 Å². The molecular formula is C20H24N2O6S. The Balaban J connectivity index is 1.99. The third-order valence-electron chi connectivity index (χ3n) is 3.83. The summed E-state index contributed by atoms with van der Waals surface area (Å²) in [4.78, 5) is 12.1. The molecule has 0 aliphatic carbocycles. The lowest BCUT2D eigenvalue weighted by atomic mass is 10.1. The van der Waals surface area contributed by atoms with Gasteiger partial charge in [0.2, 0.25) is 21.7 Å². The molecule has 156 valence electrons. The van der Waals surface area contributed by atoms with E-state index in [1.165, 1.54) is 27.4 Å². The van der Waals surface area contributed by atoms with Crippen LogP contribution in [-0.2, 0) is 21.4 Å². The van der Waals surface area contributed by atoms with Gasteiger partial charge in [-0.2, -0.15) is 0 Å². The van der Waals surface area contributed by atoms with Crippen LogP contribution in [0.5, 0.6) is 17.2 Å². The summed E-state index contributed by atoms with van der Waals surface area (Å²) >= 11 is 0. The van der Waals surface area contributed by atoms with Crippen LogP contribution in [0, 0.1) is 0 Å². The van der Waals surface area contributed by atoms with Gasteiger partial charge >= 0.3 is 0 Å². The fourth-order valence-electron chi connectivity index (χ4n) is 2.53. The largest absolute Gasteiger partial charge is 0.493 e. The molecule has 2 aromatic rings. The predicted molar refractivity (Wildman–Crippen MR) is 112 cm³/mol. The number of hydrogen-bond acceptors (Lipinski definition) is 6. The van der Waals surface area contributed by atoms with Crippen LogP contribution in [0.2, 0.25) is 0 Å². The van der Waals surface area contributed by atoms with E-state index in [0.29, 0.717) is 22.9 Å². The number of amides is 1. The summed E-state index contributed by atoms with van der Waals surface area (Å²) < 4.78 is 40.7. The molecule has 2 rings (SSSR count). The number of methoxy groups -OCH3 is 3. The molecule has 0 heterocycles. The van der Waals surface area contributed by atoms with E-state index < -0.39 is 10.0 Å². The molecule has 2 N–H and O–H groups in total. The molecule has 9 heteroatoms.